The van der Waals surface area contributed by atoms with Crippen LogP contribution in [0.5, 0.6) is 0 Å². The van der Waals surface area contributed by atoms with Gasteiger partial charge >= 0.3 is 0 Å². The van der Waals surface area contributed by atoms with E-state index in [1.165, 1.54) is 30.2 Å². The zero-order valence-electron chi connectivity index (χ0n) is 9.19. The Bertz CT molecular complexity index is 494. The molecule has 0 amide bonds. The summed E-state index contributed by atoms with van der Waals surface area (Å²) in [4.78, 5) is 0. The molecule has 2 nitrogen and oxygen atoms in total. The second-order valence-electron chi connectivity index (χ2n) is 4.85. The van der Waals surface area contributed by atoms with Crippen molar-refractivity contribution >= 4 is 26.8 Å². The van der Waals surface area contributed by atoms with E-state index in [9.17, 15) is 0 Å². The molecule has 3 rings (SSSR count). The molecule has 84 valence electrons. The molecule has 3 heteroatoms. The molecular formula is C13H15BrN2. The maximum atomic E-state index is 4.51. The van der Waals surface area contributed by atoms with Crippen LogP contribution in [0.3, 0.4) is 0 Å². The van der Waals surface area contributed by atoms with Gasteiger partial charge in [-0.15, -0.1) is 0 Å². The fourth-order valence-corrected chi connectivity index (χ4v) is 3.22. The maximum absolute atomic E-state index is 4.51. The third-order valence-electron chi connectivity index (χ3n) is 3.73. The molecule has 2 aromatic rings. The fourth-order valence-electron chi connectivity index (χ4n) is 2.48. The molecule has 0 aliphatic heterocycles. The number of benzene rings is 1. The van der Waals surface area contributed by atoms with Crippen LogP contribution in [0.1, 0.15) is 19.3 Å². The predicted octanol–water partition coefficient (Wildman–Crippen LogP) is 3.60. The number of para-hydroxylation sites is 1. The Balaban J connectivity index is 1.94. The number of hydrogen-bond donors (Lipinski definition) is 0. The zero-order chi connectivity index (χ0) is 11.0. The van der Waals surface area contributed by atoms with Crippen molar-refractivity contribution in [3.8, 4) is 0 Å². The van der Waals surface area contributed by atoms with Gasteiger partial charge in [0.1, 0.15) is 0 Å². The number of hydrogen-bond acceptors (Lipinski definition) is 1. The highest BCUT2D eigenvalue weighted by Gasteiger charge is 2.36. The van der Waals surface area contributed by atoms with Crippen LogP contribution in [-0.4, -0.2) is 15.1 Å². The number of fused-ring (bicyclic) bond motifs is 1. The first kappa shape index (κ1) is 10.3. The molecular weight excluding hydrogens is 264 g/mol. The van der Waals surface area contributed by atoms with E-state index in [4.69, 9.17) is 0 Å². The van der Waals surface area contributed by atoms with E-state index < -0.39 is 0 Å². The highest BCUT2D eigenvalue weighted by molar-refractivity contribution is 9.09. The van der Waals surface area contributed by atoms with Gasteiger partial charge in [-0.3, -0.25) is 4.68 Å². The molecule has 1 aliphatic rings. The molecule has 16 heavy (non-hydrogen) atoms. The van der Waals surface area contributed by atoms with Gasteiger partial charge < -0.3 is 0 Å². The number of rotatable bonds is 3. The third kappa shape index (κ3) is 1.58. The minimum Gasteiger partial charge on any atom is -0.264 e. The smallest absolute Gasteiger partial charge is 0.0682 e. The highest BCUT2D eigenvalue weighted by atomic mass is 79.9. The van der Waals surface area contributed by atoms with Crippen molar-refractivity contribution in [2.75, 3.05) is 5.33 Å². The number of halogens is 1. The van der Waals surface area contributed by atoms with Crippen LogP contribution in [0.4, 0.5) is 0 Å². The molecule has 1 saturated carbocycles. The van der Waals surface area contributed by atoms with E-state index in [-0.39, 0.29) is 0 Å². The van der Waals surface area contributed by atoms with Gasteiger partial charge in [-0.1, -0.05) is 40.5 Å². The molecule has 1 fully saturated rings. The van der Waals surface area contributed by atoms with Gasteiger partial charge in [0, 0.05) is 17.3 Å². The summed E-state index contributed by atoms with van der Waals surface area (Å²) in [5, 5.41) is 6.84. The van der Waals surface area contributed by atoms with Gasteiger partial charge in [-0.05, 0) is 24.3 Å². The lowest BCUT2D eigenvalue weighted by Crippen LogP contribution is -2.36. The zero-order valence-corrected chi connectivity index (χ0v) is 10.8. The molecule has 0 spiro atoms. The summed E-state index contributed by atoms with van der Waals surface area (Å²) in [5.41, 5.74) is 1.71. The molecule has 1 aromatic heterocycles. The summed E-state index contributed by atoms with van der Waals surface area (Å²) in [5.74, 6) is 0. The molecule has 1 heterocycles. The summed E-state index contributed by atoms with van der Waals surface area (Å²) in [6.45, 7) is 1.05. The predicted molar refractivity (Wildman–Crippen MR) is 69.8 cm³/mol. The molecule has 1 aliphatic carbocycles. The lowest BCUT2D eigenvalue weighted by Gasteiger charge is -2.40. The molecule has 0 N–H and O–H groups in total. The second-order valence-corrected chi connectivity index (χ2v) is 5.41. The second kappa shape index (κ2) is 3.88. The van der Waals surface area contributed by atoms with E-state index in [1.54, 1.807) is 0 Å². The van der Waals surface area contributed by atoms with Crippen molar-refractivity contribution in [1.82, 2.24) is 9.78 Å². The molecule has 1 aromatic carbocycles. The van der Waals surface area contributed by atoms with Crippen LogP contribution in [-0.2, 0) is 6.54 Å². The number of alkyl halides is 1. The molecule has 0 unspecified atom stereocenters. The monoisotopic (exact) mass is 278 g/mol. The normalized spacial score (nSPS) is 18.6. The summed E-state index contributed by atoms with van der Waals surface area (Å²) in [7, 11) is 0. The maximum Gasteiger partial charge on any atom is 0.0682 e. The molecule has 0 bridgehead atoms. The van der Waals surface area contributed by atoms with Crippen LogP contribution >= 0.6 is 15.9 Å². The van der Waals surface area contributed by atoms with Gasteiger partial charge in [0.25, 0.3) is 0 Å². The van der Waals surface area contributed by atoms with Gasteiger partial charge in [0.2, 0.25) is 0 Å². The molecule has 0 radical (unpaired) electrons. The lowest BCUT2D eigenvalue weighted by molar-refractivity contribution is 0.136. The van der Waals surface area contributed by atoms with Crippen molar-refractivity contribution in [2.24, 2.45) is 5.41 Å². The first-order valence-corrected chi connectivity index (χ1v) is 6.92. The lowest BCUT2D eigenvalue weighted by atomic mass is 9.70. The Hall–Kier alpha value is -0.830. The van der Waals surface area contributed by atoms with Crippen molar-refractivity contribution < 1.29 is 0 Å². The van der Waals surface area contributed by atoms with Crippen molar-refractivity contribution in [2.45, 2.75) is 25.8 Å². The van der Waals surface area contributed by atoms with Crippen molar-refractivity contribution in [1.29, 1.82) is 0 Å². The van der Waals surface area contributed by atoms with Gasteiger partial charge in [0.15, 0.2) is 0 Å². The van der Waals surface area contributed by atoms with Crippen LogP contribution in [0.2, 0.25) is 0 Å². The highest BCUT2D eigenvalue weighted by Crippen LogP contribution is 2.44. The van der Waals surface area contributed by atoms with E-state index in [2.05, 4.69) is 50.0 Å². The fraction of sp³-hybridized carbons (Fsp3) is 0.462. The van der Waals surface area contributed by atoms with Crippen LogP contribution in [0.25, 0.3) is 10.9 Å². The Morgan fingerprint density at radius 2 is 2.12 bits per heavy atom. The Labute approximate surface area is 104 Å². The largest absolute Gasteiger partial charge is 0.264 e. The first-order valence-electron chi connectivity index (χ1n) is 5.80. The van der Waals surface area contributed by atoms with E-state index in [1.807, 2.05) is 6.20 Å². The standard InChI is InChI=1S/C13H15BrN2/c14-9-13(6-3-7-13)10-16-12-5-2-1-4-11(12)8-15-16/h1-2,4-5,8H,3,6-7,9-10H2. The topological polar surface area (TPSA) is 17.8 Å². The van der Waals surface area contributed by atoms with Crippen molar-refractivity contribution in [3.05, 3.63) is 30.5 Å². The van der Waals surface area contributed by atoms with E-state index in [0.29, 0.717) is 5.41 Å². The Morgan fingerprint density at radius 1 is 1.31 bits per heavy atom. The Morgan fingerprint density at radius 3 is 2.81 bits per heavy atom. The summed E-state index contributed by atoms with van der Waals surface area (Å²) < 4.78 is 2.16. The summed E-state index contributed by atoms with van der Waals surface area (Å²) >= 11 is 3.65. The minimum absolute atomic E-state index is 0.453. The van der Waals surface area contributed by atoms with Gasteiger partial charge in [0.05, 0.1) is 11.7 Å². The summed E-state index contributed by atoms with van der Waals surface area (Å²) in [6.07, 6.45) is 5.99. The molecule has 0 atom stereocenters. The Kier molecular flexibility index (Phi) is 2.51. The SMILES string of the molecule is BrCC1(Cn2ncc3ccccc32)CCC1. The quantitative estimate of drug-likeness (QED) is 0.785. The summed E-state index contributed by atoms with van der Waals surface area (Å²) in [6, 6.07) is 8.43. The van der Waals surface area contributed by atoms with Crippen LogP contribution in [0.15, 0.2) is 30.5 Å². The van der Waals surface area contributed by atoms with E-state index in [0.717, 1.165) is 11.9 Å². The average molecular weight is 279 g/mol. The molecule has 0 saturated heterocycles. The van der Waals surface area contributed by atoms with Crippen LogP contribution < -0.4 is 0 Å². The van der Waals surface area contributed by atoms with Crippen molar-refractivity contribution in [3.63, 3.8) is 0 Å². The average Bonchev–Trinajstić information content (AvgIpc) is 2.67. The number of aromatic nitrogens is 2. The van der Waals surface area contributed by atoms with Gasteiger partial charge in [-0.25, -0.2) is 0 Å². The first-order chi connectivity index (χ1) is 7.83. The van der Waals surface area contributed by atoms with E-state index >= 15 is 0 Å². The third-order valence-corrected chi connectivity index (χ3v) is 4.92. The van der Waals surface area contributed by atoms with Gasteiger partial charge in [-0.2, -0.15) is 5.10 Å². The number of nitrogens with zero attached hydrogens (tertiary/aromatic N) is 2. The van der Waals surface area contributed by atoms with Crippen LogP contribution in [0, 0.1) is 5.41 Å². The minimum atomic E-state index is 0.453.